The third kappa shape index (κ3) is 2.79. The van der Waals surface area contributed by atoms with Gasteiger partial charge in [-0.2, -0.15) is 18.3 Å². The number of halogens is 3. The van der Waals surface area contributed by atoms with E-state index >= 15 is 0 Å². The Bertz CT molecular complexity index is 602. The lowest BCUT2D eigenvalue weighted by Crippen LogP contribution is -2.24. The number of aromatic amines is 1. The summed E-state index contributed by atoms with van der Waals surface area (Å²) < 4.78 is 37.6. The Morgan fingerprint density at radius 3 is 2.94 bits per heavy atom. The number of H-pyrrole nitrogens is 1. The van der Waals surface area contributed by atoms with Crippen LogP contribution in [0.5, 0.6) is 0 Å². The highest BCUT2D eigenvalue weighted by molar-refractivity contribution is 5.48. The average molecular weight is 261 g/mol. The Morgan fingerprint density at radius 1 is 1.56 bits per heavy atom. The second-order valence-electron chi connectivity index (χ2n) is 3.90. The number of alkyl halides is 3. The van der Waals surface area contributed by atoms with Gasteiger partial charge in [0.15, 0.2) is 5.65 Å². The van der Waals surface area contributed by atoms with Crippen molar-refractivity contribution in [1.82, 2.24) is 19.6 Å². The van der Waals surface area contributed by atoms with Gasteiger partial charge in [-0.05, 0) is 6.92 Å². The van der Waals surface area contributed by atoms with E-state index in [4.69, 9.17) is 0 Å². The van der Waals surface area contributed by atoms with E-state index in [2.05, 4.69) is 20.5 Å². The van der Waals surface area contributed by atoms with E-state index in [0.717, 1.165) is 4.40 Å². The molecule has 2 aromatic rings. The minimum absolute atomic E-state index is 0.234. The van der Waals surface area contributed by atoms with Crippen LogP contribution >= 0.6 is 0 Å². The van der Waals surface area contributed by atoms with Crippen LogP contribution in [0.1, 0.15) is 13.3 Å². The summed E-state index contributed by atoms with van der Waals surface area (Å²) in [5.41, 5.74) is -0.163. The second kappa shape index (κ2) is 4.31. The monoisotopic (exact) mass is 261 g/mol. The molecule has 2 aromatic heterocycles. The lowest BCUT2D eigenvalue weighted by atomic mass is 10.2. The summed E-state index contributed by atoms with van der Waals surface area (Å²) in [5.74, 6) is 0.234. The third-order valence-electron chi connectivity index (χ3n) is 2.24. The van der Waals surface area contributed by atoms with Crippen molar-refractivity contribution in [2.75, 3.05) is 5.32 Å². The molecule has 98 valence electrons. The first-order valence-corrected chi connectivity index (χ1v) is 5.11. The lowest BCUT2D eigenvalue weighted by molar-refractivity contribution is -0.136. The van der Waals surface area contributed by atoms with Crippen molar-refractivity contribution in [1.29, 1.82) is 0 Å². The normalized spacial score (nSPS) is 13.8. The van der Waals surface area contributed by atoms with Gasteiger partial charge in [-0.25, -0.2) is 19.3 Å². The first-order valence-electron chi connectivity index (χ1n) is 5.11. The quantitative estimate of drug-likeness (QED) is 0.869. The molecule has 6 nitrogen and oxygen atoms in total. The number of rotatable bonds is 3. The molecule has 0 aliphatic rings. The summed E-state index contributed by atoms with van der Waals surface area (Å²) >= 11 is 0. The maximum Gasteiger partial charge on any atom is 0.391 e. The zero-order valence-electron chi connectivity index (χ0n) is 9.32. The fourth-order valence-corrected chi connectivity index (χ4v) is 1.54. The lowest BCUT2D eigenvalue weighted by Gasteiger charge is -2.16. The first-order chi connectivity index (χ1) is 8.35. The van der Waals surface area contributed by atoms with Gasteiger partial charge in [0, 0.05) is 12.1 Å². The second-order valence-corrected chi connectivity index (χ2v) is 3.90. The fourth-order valence-electron chi connectivity index (χ4n) is 1.54. The summed E-state index contributed by atoms with van der Waals surface area (Å²) in [7, 11) is 0. The molecule has 0 amide bonds. The largest absolute Gasteiger partial charge is 0.391 e. The molecule has 0 radical (unpaired) electrons. The topological polar surface area (TPSA) is 75.1 Å². The molecule has 0 saturated carbocycles. The molecule has 0 saturated heterocycles. The molecule has 0 aliphatic heterocycles. The smallest absolute Gasteiger partial charge is 0.367 e. The molecular formula is C9H10F3N5O. The van der Waals surface area contributed by atoms with Gasteiger partial charge < -0.3 is 5.32 Å². The number of hydrogen-bond acceptors (Lipinski definition) is 4. The highest BCUT2D eigenvalue weighted by Crippen LogP contribution is 2.22. The predicted molar refractivity (Wildman–Crippen MR) is 57.4 cm³/mol. The van der Waals surface area contributed by atoms with E-state index in [1.165, 1.54) is 19.3 Å². The van der Waals surface area contributed by atoms with E-state index in [1.54, 1.807) is 0 Å². The minimum atomic E-state index is -4.24. The standard InChI is InChI=1S/C9H10F3N5O/c1-5(3-9(10,11)12)14-6-2-7-15-16-8(18)17(7)4-13-6/h2,4-5,14H,3H2,1H3,(H,16,18). The first kappa shape index (κ1) is 12.4. The molecule has 0 aliphatic carbocycles. The summed E-state index contributed by atoms with van der Waals surface area (Å²) in [4.78, 5) is 15.0. The number of anilines is 1. The van der Waals surface area contributed by atoms with E-state index in [9.17, 15) is 18.0 Å². The molecule has 2 rings (SSSR count). The maximum atomic E-state index is 12.1. The molecule has 2 N–H and O–H groups in total. The van der Waals surface area contributed by atoms with Gasteiger partial charge in [-0.3, -0.25) is 0 Å². The Morgan fingerprint density at radius 2 is 2.28 bits per heavy atom. The van der Waals surface area contributed by atoms with Crippen LogP contribution in [0, 0.1) is 0 Å². The van der Waals surface area contributed by atoms with Gasteiger partial charge in [-0.15, -0.1) is 0 Å². The van der Waals surface area contributed by atoms with Crippen molar-refractivity contribution in [2.24, 2.45) is 0 Å². The fraction of sp³-hybridized carbons (Fsp3) is 0.444. The van der Waals surface area contributed by atoms with E-state index in [0.29, 0.717) is 0 Å². The average Bonchev–Trinajstić information content (AvgIpc) is 2.57. The van der Waals surface area contributed by atoms with E-state index in [-0.39, 0.29) is 11.5 Å². The van der Waals surface area contributed by atoms with Crippen molar-refractivity contribution >= 4 is 11.5 Å². The third-order valence-corrected chi connectivity index (χ3v) is 2.24. The van der Waals surface area contributed by atoms with Crippen LogP contribution in [0.2, 0.25) is 0 Å². The zero-order chi connectivity index (χ0) is 13.3. The number of aromatic nitrogens is 4. The predicted octanol–water partition coefficient (Wildman–Crippen LogP) is 1.17. The molecule has 0 aromatic carbocycles. The summed E-state index contributed by atoms with van der Waals surface area (Å²) in [5, 5.41) is 8.49. The highest BCUT2D eigenvalue weighted by atomic mass is 19.4. The van der Waals surface area contributed by atoms with Crippen molar-refractivity contribution < 1.29 is 13.2 Å². The molecule has 1 atom stereocenters. The van der Waals surface area contributed by atoms with Gasteiger partial charge in [0.05, 0.1) is 6.42 Å². The van der Waals surface area contributed by atoms with Gasteiger partial charge in [0.25, 0.3) is 0 Å². The van der Waals surface area contributed by atoms with Crippen LogP contribution < -0.4 is 11.0 Å². The number of nitrogens with one attached hydrogen (secondary N) is 2. The van der Waals surface area contributed by atoms with Crippen LogP contribution in [-0.4, -0.2) is 31.8 Å². The molecular weight excluding hydrogens is 251 g/mol. The SMILES string of the molecule is CC(CC(F)(F)F)Nc1cc2n[nH]c(=O)n2cn1. The van der Waals surface area contributed by atoms with Crippen molar-refractivity contribution in [3.8, 4) is 0 Å². The molecule has 18 heavy (non-hydrogen) atoms. The van der Waals surface area contributed by atoms with Crippen molar-refractivity contribution in [2.45, 2.75) is 25.6 Å². The zero-order valence-corrected chi connectivity index (χ0v) is 9.32. The Kier molecular flexibility index (Phi) is 2.97. The van der Waals surface area contributed by atoms with Gasteiger partial charge in [0.2, 0.25) is 0 Å². The Hall–Kier alpha value is -2.06. The Labute approximate surface area is 98.8 Å². The molecule has 1 unspecified atom stereocenters. The van der Waals surface area contributed by atoms with Crippen LogP contribution in [0.15, 0.2) is 17.2 Å². The number of nitrogens with zero attached hydrogens (tertiary/aromatic N) is 3. The maximum absolute atomic E-state index is 12.1. The van der Waals surface area contributed by atoms with Gasteiger partial charge in [0.1, 0.15) is 12.1 Å². The van der Waals surface area contributed by atoms with Crippen molar-refractivity contribution in [3.63, 3.8) is 0 Å². The molecule has 0 fully saturated rings. The molecule has 0 bridgehead atoms. The summed E-state index contributed by atoms with van der Waals surface area (Å²) in [6, 6.07) is 0.579. The van der Waals surface area contributed by atoms with Crippen LogP contribution in [0.4, 0.5) is 19.0 Å². The van der Waals surface area contributed by atoms with Crippen molar-refractivity contribution in [3.05, 3.63) is 22.9 Å². The minimum Gasteiger partial charge on any atom is -0.367 e. The van der Waals surface area contributed by atoms with Crippen LogP contribution in [0.25, 0.3) is 5.65 Å². The van der Waals surface area contributed by atoms with E-state index in [1.807, 2.05) is 0 Å². The molecule has 2 heterocycles. The van der Waals surface area contributed by atoms with E-state index < -0.39 is 24.3 Å². The Balaban J connectivity index is 2.14. The highest BCUT2D eigenvalue weighted by Gasteiger charge is 2.30. The van der Waals surface area contributed by atoms with Crippen LogP contribution in [-0.2, 0) is 0 Å². The molecule has 0 spiro atoms. The van der Waals surface area contributed by atoms with Gasteiger partial charge >= 0.3 is 11.9 Å². The summed E-state index contributed by atoms with van der Waals surface area (Å²) in [6.07, 6.45) is -4.00. The molecule has 9 heteroatoms. The number of fused-ring (bicyclic) bond motifs is 1. The number of hydrogen-bond donors (Lipinski definition) is 2. The van der Waals surface area contributed by atoms with Gasteiger partial charge in [-0.1, -0.05) is 0 Å². The van der Waals surface area contributed by atoms with Crippen LogP contribution in [0.3, 0.4) is 0 Å². The summed E-state index contributed by atoms with van der Waals surface area (Å²) in [6.45, 7) is 1.40.